The number of rotatable bonds is 7. The minimum absolute atomic E-state index is 0.127. The smallest absolute Gasteiger partial charge is 0.0606 e. The number of nitrogens with zero attached hydrogens (tertiary/aromatic N) is 2. The molecule has 4 heteroatoms. The summed E-state index contributed by atoms with van der Waals surface area (Å²) in [5.74, 6) is 0. The van der Waals surface area contributed by atoms with Gasteiger partial charge in [-0.15, -0.1) is 6.58 Å². The number of hydrogen-bond donors (Lipinski definition) is 2. The van der Waals surface area contributed by atoms with Crippen LogP contribution < -0.4 is 10.2 Å². The van der Waals surface area contributed by atoms with Gasteiger partial charge in [-0.2, -0.15) is 0 Å². The Morgan fingerprint density at radius 2 is 2.44 bits per heavy atom. The zero-order valence-electron chi connectivity index (χ0n) is 9.69. The van der Waals surface area contributed by atoms with Crippen LogP contribution in [0, 0.1) is 0 Å². The highest BCUT2D eigenvalue weighted by Gasteiger charge is 2.08. The van der Waals surface area contributed by atoms with E-state index >= 15 is 0 Å². The van der Waals surface area contributed by atoms with Crippen molar-refractivity contribution in [2.45, 2.75) is 6.54 Å². The van der Waals surface area contributed by atoms with Crippen molar-refractivity contribution in [1.82, 2.24) is 10.3 Å². The van der Waals surface area contributed by atoms with Gasteiger partial charge in [0.2, 0.25) is 0 Å². The molecule has 1 aromatic heterocycles. The van der Waals surface area contributed by atoms with Crippen molar-refractivity contribution in [2.24, 2.45) is 0 Å². The first-order valence-corrected chi connectivity index (χ1v) is 5.37. The molecule has 2 N–H and O–H groups in total. The molecule has 0 aliphatic carbocycles. The normalized spacial score (nSPS) is 10.1. The molecule has 0 bridgehead atoms. The quantitative estimate of drug-likeness (QED) is 0.668. The summed E-state index contributed by atoms with van der Waals surface area (Å²) in [6.45, 7) is 5.94. The van der Waals surface area contributed by atoms with Gasteiger partial charge < -0.3 is 15.3 Å². The van der Waals surface area contributed by atoms with Gasteiger partial charge in [-0.25, -0.2) is 0 Å². The van der Waals surface area contributed by atoms with E-state index in [4.69, 9.17) is 5.11 Å². The molecule has 0 spiro atoms. The van der Waals surface area contributed by atoms with Crippen molar-refractivity contribution in [3.63, 3.8) is 0 Å². The molecule has 0 unspecified atom stereocenters. The van der Waals surface area contributed by atoms with Gasteiger partial charge in [0.15, 0.2) is 0 Å². The van der Waals surface area contributed by atoms with Gasteiger partial charge >= 0.3 is 0 Å². The molecule has 0 atom stereocenters. The van der Waals surface area contributed by atoms with Crippen LogP contribution in [0.2, 0.25) is 0 Å². The van der Waals surface area contributed by atoms with Crippen LogP contribution in [-0.4, -0.2) is 36.8 Å². The zero-order valence-corrected chi connectivity index (χ0v) is 9.69. The minimum atomic E-state index is 0.127. The number of pyridine rings is 1. The van der Waals surface area contributed by atoms with Crippen LogP contribution in [0.25, 0.3) is 0 Å². The van der Waals surface area contributed by atoms with Crippen molar-refractivity contribution in [2.75, 3.05) is 31.6 Å². The average molecular weight is 221 g/mol. The van der Waals surface area contributed by atoms with Crippen LogP contribution in [0.5, 0.6) is 0 Å². The lowest BCUT2D eigenvalue weighted by Gasteiger charge is -2.24. The van der Waals surface area contributed by atoms with Crippen molar-refractivity contribution in [3.8, 4) is 0 Å². The average Bonchev–Trinajstić information content (AvgIpc) is 2.30. The molecule has 4 nitrogen and oxygen atoms in total. The van der Waals surface area contributed by atoms with Crippen molar-refractivity contribution >= 4 is 5.69 Å². The molecule has 0 amide bonds. The predicted octanol–water partition coefficient (Wildman–Crippen LogP) is 0.786. The SMILES string of the molecule is C=CCN(CCO)c1cnccc1CNC. The molecule has 1 heterocycles. The number of aliphatic hydroxyl groups excluding tert-OH is 1. The Balaban J connectivity index is 2.92. The topological polar surface area (TPSA) is 48.4 Å². The Bertz CT molecular complexity index is 328. The number of hydrogen-bond acceptors (Lipinski definition) is 4. The lowest BCUT2D eigenvalue weighted by molar-refractivity contribution is 0.303. The molecule has 0 aliphatic rings. The van der Waals surface area contributed by atoms with Gasteiger partial charge in [-0.1, -0.05) is 6.08 Å². The fraction of sp³-hybridized carbons (Fsp3) is 0.417. The Morgan fingerprint density at radius 3 is 3.06 bits per heavy atom. The first kappa shape index (κ1) is 12.7. The monoisotopic (exact) mass is 221 g/mol. The summed E-state index contributed by atoms with van der Waals surface area (Å²) in [5, 5.41) is 12.2. The summed E-state index contributed by atoms with van der Waals surface area (Å²) >= 11 is 0. The summed E-state index contributed by atoms with van der Waals surface area (Å²) in [7, 11) is 1.91. The van der Waals surface area contributed by atoms with Crippen molar-refractivity contribution in [1.29, 1.82) is 0 Å². The zero-order chi connectivity index (χ0) is 11.8. The molecule has 1 rings (SSSR count). The molecular weight excluding hydrogens is 202 g/mol. The molecule has 1 aromatic rings. The number of aliphatic hydroxyl groups is 1. The lowest BCUT2D eigenvalue weighted by Crippen LogP contribution is -2.28. The maximum Gasteiger partial charge on any atom is 0.0606 e. The van der Waals surface area contributed by atoms with Gasteiger partial charge in [-0.3, -0.25) is 4.98 Å². The summed E-state index contributed by atoms with van der Waals surface area (Å²) in [6, 6.07) is 1.99. The predicted molar refractivity (Wildman–Crippen MR) is 66.5 cm³/mol. The van der Waals surface area contributed by atoms with E-state index in [1.807, 2.05) is 25.4 Å². The maximum absolute atomic E-state index is 9.03. The van der Waals surface area contributed by atoms with Crippen LogP contribution in [0.4, 0.5) is 5.69 Å². The summed E-state index contributed by atoms with van der Waals surface area (Å²) < 4.78 is 0. The fourth-order valence-electron chi connectivity index (χ4n) is 1.63. The molecule has 88 valence electrons. The molecular formula is C12H19N3O. The van der Waals surface area contributed by atoms with Crippen molar-refractivity contribution in [3.05, 3.63) is 36.7 Å². The highest BCUT2D eigenvalue weighted by molar-refractivity contribution is 5.52. The second kappa shape index (κ2) is 6.98. The van der Waals surface area contributed by atoms with E-state index < -0.39 is 0 Å². The van der Waals surface area contributed by atoms with Gasteiger partial charge in [0.25, 0.3) is 0 Å². The Morgan fingerprint density at radius 1 is 1.62 bits per heavy atom. The summed E-state index contributed by atoms with van der Waals surface area (Å²) in [5.41, 5.74) is 2.22. The molecule has 0 aromatic carbocycles. The molecule has 0 aliphatic heterocycles. The largest absolute Gasteiger partial charge is 0.395 e. The highest BCUT2D eigenvalue weighted by atomic mass is 16.3. The van der Waals surface area contributed by atoms with E-state index in [-0.39, 0.29) is 6.61 Å². The third kappa shape index (κ3) is 3.32. The molecule has 0 fully saturated rings. The Labute approximate surface area is 96.6 Å². The first-order chi connectivity index (χ1) is 7.83. The Kier molecular flexibility index (Phi) is 5.53. The standard InChI is InChI=1S/C12H19N3O/c1-3-6-15(7-8-16)12-10-14-5-4-11(12)9-13-2/h3-5,10,13,16H,1,6-9H2,2H3. The molecule has 16 heavy (non-hydrogen) atoms. The molecule has 0 saturated carbocycles. The van der Waals surface area contributed by atoms with Crippen LogP contribution in [0.1, 0.15) is 5.56 Å². The molecule has 0 saturated heterocycles. The van der Waals surface area contributed by atoms with E-state index in [2.05, 4.69) is 21.8 Å². The van der Waals surface area contributed by atoms with Crippen LogP contribution in [-0.2, 0) is 6.54 Å². The first-order valence-electron chi connectivity index (χ1n) is 5.37. The maximum atomic E-state index is 9.03. The highest BCUT2D eigenvalue weighted by Crippen LogP contribution is 2.18. The van der Waals surface area contributed by atoms with Gasteiger partial charge in [0.1, 0.15) is 0 Å². The number of aromatic nitrogens is 1. The van der Waals surface area contributed by atoms with Crippen LogP contribution in [0.3, 0.4) is 0 Å². The summed E-state index contributed by atoms with van der Waals surface area (Å²) in [4.78, 5) is 6.19. The van der Waals surface area contributed by atoms with E-state index in [0.29, 0.717) is 13.1 Å². The van der Waals surface area contributed by atoms with Crippen LogP contribution in [0.15, 0.2) is 31.1 Å². The Hall–Kier alpha value is -1.39. The van der Waals surface area contributed by atoms with Crippen molar-refractivity contribution < 1.29 is 5.11 Å². The van der Waals surface area contributed by atoms with Gasteiger partial charge in [0, 0.05) is 25.8 Å². The second-order valence-electron chi connectivity index (χ2n) is 3.49. The number of anilines is 1. The van der Waals surface area contributed by atoms with E-state index in [9.17, 15) is 0 Å². The fourth-order valence-corrected chi connectivity index (χ4v) is 1.63. The third-order valence-electron chi connectivity index (χ3n) is 2.31. The summed E-state index contributed by atoms with van der Waals surface area (Å²) in [6.07, 6.45) is 5.43. The second-order valence-corrected chi connectivity index (χ2v) is 3.49. The van der Waals surface area contributed by atoms with Crippen LogP contribution >= 0.6 is 0 Å². The van der Waals surface area contributed by atoms with E-state index in [0.717, 1.165) is 12.2 Å². The number of nitrogens with one attached hydrogen (secondary N) is 1. The third-order valence-corrected chi connectivity index (χ3v) is 2.31. The van der Waals surface area contributed by atoms with Gasteiger partial charge in [-0.05, 0) is 18.7 Å². The molecule has 0 radical (unpaired) electrons. The lowest BCUT2D eigenvalue weighted by atomic mass is 10.2. The van der Waals surface area contributed by atoms with E-state index in [1.54, 1.807) is 6.20 Å². The van der Waals surface area contributed by atoms with E-state index in [1.165, 1.54) is 5.56 Å². The van der Waals surface area contributed by atoms with Gasteiger partial charge in [0.05, 0.1) is 18.5 Å². The minimum Gasteiger partial charge on any atom is -0.395 e.